The molecule has 0 unspecified atom stereocenters. The van der Waals surface area contributed by atoms with Crippen LogP contribution in [0, 0.1) is 11.2 Å². The van der Waals surface area contributed by atoms with Crippen molar-refractivity contribution in [3.8, 4) is 22.8 Å². The lowest BCUT2D eigenvalue weighted by molar-refractivity contribution is 0.0693. The van der Waals surface area contributed by atoms with E-state index in [2.05, 4.69) is 0 Å². The molecule has 5 rings (SSSR count). The highest BCUT2D eigenvalue weighted by Gasteiger charge is 2.59. The molecule has 1 spiro atoms. The molecule has 2 aromatic rings. The Kier molecular flexibility index (Phi) is 5.00. The average molecular weight is 443 g/mol. The van der Waals surface area contributed by atoms with Crippen LogP contribution in [0.3, 0.4) is 0 Å². The molecule has 1 aliphatic heterocycles. The predicted octanol–water partition coefficient (Wildman–Crippen LogP) is 3.99. The number of methoxy groups -OCH3 is 2. The number of carboxylic acids is 1. The van der Waals surface area contributed by atoms with Crippen molar-refractivity contribution in [1.29, 1.82) is 0 Å². The van der Waals surface area contributed by atoms with Gasteiger partial charge in [0.05, 0.1) is 19.4 Å². The number of ether oxygens (including phenoxy) is 3. The van der Waals surface area contributed by atoms with Crippen molar-refractivity contribution >= 4 is 5.97 Å². The van der Waals surface area contributed by atoms with Crippen molar-refractivity contribution in [3.63, 3.8) is 0 Å². The lowest BCUT2D eigenvalue weighted by Gasteiger charge is -2.37. The Bertz CT molecular complexity index is 1150. The molecule has 2 fully saturated rings. The van der Waals surface area contributed by atoms with Crippen molar-refractivity contribution in [1.82, 2.24) is 4.57 Å². The maximum Gasteiger partial charge on any atom is 0.341 e. The smallest absolute Gasteiger partial charge is 0.341 e. The Hall–Kier alpha value is -2.87. The second-order valence-corrected chi connectivity index (χ2v) is 8.98. The van der Waals surface area contributed by atoms with Crippen molar-refractivity contribution < 1.29 is 28.5 Å². The zero-order chi connectivity index (χ0) is 22.6. The van der Waals surface area contributed by atoms with Crippen LogP contribution in [-0.2, 0) is 4.74 Å². The van der Waals surface area contributed by atoms with E-state index >= 15 is 4.39 Å². The van der Waals surface area contributed by atoms with Gasteiger partial charge in [-0.2, -0.15) is 0 Å². The number of carboxylic acid groups (broad SMARTS) is 1. The van der Waals surface area contributed by atoms with E-state index in [9.17, 15) is 14.7 Å². The number of pyridine rings is 1. The number of halogens is 1. The van der Waals surface area contributed by atoms with Gasteiger partial charge in [0.2, 0.25) is 5.43 Å². The lowest BCUT2D eigenvalue weighted by atomic mass is 9.81. The second kappa shape index (κ2) is 7.62. The normalized spacial score (nSPS) is 21.6. The molecule has 2 aliphatic carbocycles. The number of hydrogen-bond acceptors (Lipinski definition) is 5. The summed E-state index contributed by atoms with van der Waals surface area (Å²) in [6.45, 7) is 1.03. The van der Waals surface area contributed by atoms with Crippen LogP contribution in [0.4, 0.5) is 4.39 Å². The first-order chi connectivity index (χ1) is 15.4. The maximum atomic E-state index is 15.5. The number of aromatic carboxylic acids is 1. The summed E-state index contributed by atoms with van der Waals surface area (Å²) in [5.74, 6) is -1.32. The van der Waals surface area contributed by atoms with Gasteiger partial charge in [-0.3, -0.25) is 4.79 Å². The molecule has 0 radical (unpaired) electrons. The highest BCUT2D eigenvalue weighted by Crippen LogP contribution is 2.70. The van der Waals surface area contributed by atoms with Crippen LogP contribution in [0.15, 0.2) is 23.1 Å². The first-order valence-electron chi connectivity index (χ1n) is 10.9. The van der Waals surface area contributed by atoms with Gasteiger partial charge in [-0.05, 0) is 48.8 Å². The summed E-state index contributed by atoms with van der Waals surface area (Å²) in [4.78, 5) is 24.2. The fourth-order valence-corrected chi connectivity index (χ4v) is 5.67. The highest BCUT2D eigenvalue weighted by molar-refractivity contribution is 5.88. The van der Waals surface area contributed by atoms with Gasteiger partial charge in [-0.1, -0.05) is 0 Å². The summed E-state index contributed by atoms with van der Waals surface area (Å²) in [6, 6.07) is 3.55. The first-order valence-corrected chi connectivity index (χ1v) is 10.9. The third-order valence-electron chi connectivity index (χ3n) is 7.30. The van der Waals surface area contributed by atoms with E-state index in [4.69, 9.17) is 14.2 Å². The summed E-state index contributed by atoms with van der Waals surface area (Å²) < 4.78 is 33.7. The monoisotopic (exact) mass is 443 g/mol. The van der Waals surface area contributed by atoms with Crippen LogP contribution in [0.5, 0.6) is 11.5 Å². The van der Waals surface area contributed by atoms with Crippen molar-refractivity contribution in [3.05, 3.63) is 45.5 Å². The molecule has 0 amide bonds. The molecule has 2 heterocycles. The molecule has 2 atom stereocenters. The van der Waals surface area contributed by atoms with Crippen molar-refractivity contribution in [2.75, 3.05) is 27.4 Å². The van der Waals surface area contributed by atoms with Crippen LogP contribution in [0.2, 0.25) is 0 Å². The third kappa shape index (κ3) is 3.03. The minimum Gasteiger partial charge on any atom is -0.493 e. The van der Waals surface area contributed by atoms with Gasteiger partial charge in [0.1, 0.15) is 5.56 Å². The van der Waals surface area contributed by atoms with Crippen LogP contribution in [0.1, 0.15) is 60.0 Å². The molecular formula is C24H26FNO6. The Morgan fingerprint density at radius 1 is 1.22 bits per heavy atom. The van der Waals surface area contributed by atoms with E-state index in [1.54, 1.807) is 17.7 Å². The van der Waals surface area contributed by atoms with Gasteiger partial charge in [-0.15, -0.1) is 0 Å². The maximum absolute atomic E-state index is 15.5. The number of hydrogen-bond donors (Lipinski definition) is 1. The highest BCUT2D eigenvalue weighted by atomic mass is 19.1. The fraction of sp³-hybridized carbons (Fsp3) is 0.500. The Balaban J connectivity index is 1.70. The minimum atomic E-state index is -1.41. The van der Waals surface area contributed by atoms with Gasteiger partial charge >= 0.3 is 5.97 Å². The van der Waals surface area contributed by atoms with Crippen LogP contribution in [-0.4, -0.2) is 43.1 Å². The van der Waals surface area contributed by atoms with Crippen LogP contribution in [0.25, 0.3) is 11.3 Å². The molecule has 2 saturated carbocycles. The van der Waals surface area contributed by atoms with Crippen LogP contribution < -0.4 is 14.9 Å². The predicted molar refractivity (Wildman–Crippen MR) is 114 cm³/mol. The minimum absolute atomic E-state index is 0.0355. The summed E-state index contributed by atoms with van der Waals surface area (Å²) in [6.07, 6.45) is 6.02. The SMILES string of the molecule is COCCCOc1cc2c(cc1OC)-c1c(F)c(=O)c(C(=O)O)cn1[C@H]1[C@@H]2CCC12CC2. The zero-order valence-corrected chi connectivity index (χ0v) is 18.2. The zero-order valence-electron chi connectivity index (χ0n) is 18.2. The summed E-state index contributed by atoms with van der Waals surface area (Å²) in [5, 5.41) is 9.49. The number of rotatable bonds is 7. The second-order valence-electron chi connectivity index (χ2n) is 8.98. The van der Waals surface area contributed by atoms with Crippen LogP contribution >= 0.6 is 0 Å². The van der Waals surface area contributed by atoms with E-state index < -0.39 is 22.8 Å². The topological polar surface area (TPSA) is 87.0 Å². The molecule has 7 nitrogen and oxygen atoms in total. The largest absolute Gasteiger partial charge is 0.493 e. The molecule has 170 valence electrons. The number of nitrogens with zero attached hydrogens (tertiary/aromatic N) is 1. The molecule has 32 heavy (non-hydrogen) atoms. The third-order valence-corrected chi connectivity index (χ3v) is 7.30. The molecule has 0 saturated heterocycles. The molecule has 1 aromatic carbocycles. The standard InChI is InChI=1S/C24H26FNO6/c1-30-8-3-9-32-18-10-14-13-4-5-24(6-7-24)22(13)26-12-16(23(28)29)21(27)19(25)20(26)15(14)11-17(18)31-2/h10-13,22H,3-9H2,1-2H3,(H,28,29)/t13-,22+/m1/s1. The van der Waals surface area contributed by atoms with Crippen molar-refractivity contribution in [2.24, 2.45) is 5.41 Å². The average Bonchev–Trinajstić information content (AvgIpc) is 3.46. The van der Waals surface area contributed by atoms with Gasteiger partial charge in [0.25, 0.3) is 0 Å². The Morgan fingerprint density at radius 2 is 2.00 bits per heavy atom. The number of benzene rings is 1. The number of fused-ring (bicyclic) bond motifs is 7. The summed E-state index contributed by atoms with van der Waals surface area (Å²) in [7, 11) is 3.15. The summed E-state index contributed by atoms with van der Waals surface area (Å²) >= 11 is 0. The van der Waals surface area contributed by atoms with Gasteiger partial charge in [0.15, 0.2) is 17.3 Å². The van der Waals surface area contributed by atoms with Crippen molar-refractivity contribution in [2.45, 2.75) is 44.1 Å². The molecule has 8 heteroatoms. The van der Waals surface area contributed by atoms with Gasteiger partial charge in [0, 0.05) is 43.9 Å². The molecule has 3 aliphatic rings. The molecular weight excluding hydrogens is 417 g/mol. The quantitative estimate of drug-likeness (QED) is 0.652. The van der Waals surface area contributed by atoms with E-state index in [0.29, 0.717) is 30.3 Å². The number of aromatic nitrogens is 1. The van der Waals surface area contributed by atoms with Gasteiger partial charge in [-0.25, -0.2) is 9.18 Å². The summed E-state index contributed by atoms with van der Waals surface area (Å²) in [5.41, 5.74) is 0.0670. The van der Waals surface area contributed by atoms with E-state index in [1.807, 2.05) is 6.07 Å². The van der Waals surface area contributed by atoms with Gasteiger partial charge < -0.3 is 23.9 Å². The Labute approximate surface area is 184 Å². The van der Waals surface area contributed by atoms with E-state index in [-0.39, 0.29) is 23.1 Å². The first kappa shape index (κ1) is 21.0. The molecule has 1 N–H and O–H groups in total. The Morgan fingerprint density at radius 3 is 2.66 bits per heavy atom. The number of carbonyl (C=O) groups is 1. The van der Waals surface area contributed by atoms with E-state index in [1.165, 1.54) is 13.3 Å². The molecule has 0 bridgehead atoms. The van der Waals surface area contributed by atoms with E-state index in [0.717, 1.165) is 37.7 Å². The lowest BCUT2D eigenvalue weighted by Crippen LogP contribution is -2.32. The molecule has 1 aromatic heterocycles. The fourth-order valence-electron chi connectivity index (χ4n) is 5.67.